The Balaban J connectivity index is 3.62. The Hall–Kier alpha value is -0.0800. The summed E-state index contributed by atoms with van der Waals surface area (Å²) in [5, 5.41) is 3.34. The molecule has 86 valence electrons. The Morgan fingerprint density at radius 2 is 1.93 bits per heavy atom. The van der Waals surface area contributed by atoms with Gasteiger partial charge in [-0.05, 0) is 31.8 Å². The summed E-state index contributed by atoms with van der Waals surface area (Å²) in [5.41, 5.74) is 0. The van der Waals surface area contributed by atoms with Crippen molar-refractivity contribution in [2.24, 2.45) is 5.92 Å². The molecule has 0 aliphatic heterocycles. The molecule has 14 heavy (non-hydrogen) atoms. The van der Waals surface area contributed by atoms with Gasteiger partial charge in [0, 0.05) is 7.11 Å². The normalized spacial score (nSPS) is 15.4. The molecule has 2 unspecified atom stereocenters. The van der Waals surface area contributed by atoms with Gasteiger partial charge in [-0.3, -0.25) is 0 Å². The summed E-state index contributed by atoms with van der Waals surface area (Å²) >= 11 is 0. The Kier molecular flexibility index (Phi) is 9.42. The third-order valence-corrected chi connectivity index (χ3v) is 2.81. The number of nitrogens with one attached hydrogen (secondary N) is 1. The highest BCUT2D eigenvalue weighted by atomic mass is 16.5. The average Bonchev–Trinajstić information content (AvgIpc) is 2.21. The van der Waals surface area contributed by atoms with Gasteiger partial charge in [0.1, 0.15) is 0 Å². The van der Waals surface area contributed by atoms with Gasteiger partial charge in [0.25, 0.3) is 0 Å². The van der Waals surface area contributed by atoms with E-state index in [0.717, 1.165) is 19.5 Å². The Morgan fingerprint density at radius 3 is 2.43 bits per heavy atom. The van der Waals surface area contributed by atoms with Gasteiger partial charge in [-0.2, -0.15) is 0 Å². The summed E-state index contributed by atoms with van der Waals surface area (Å²) in [6.07, 6.45) is 5.47. The SMILES string of the molecule is CCCCC(C)C(CCNCC)OC. The topological polar surface area (TPSA) is 21.3 Å². The zero-order chi connectivity index (χ0) is 10.8. The van der Waals surface area contributed by atoms with Crippen molar-refractivity contribution >= 4 is 0 Å². The second-order valence-electron chi connectivity index (χ2n) is 4.04. The second-order valence-corrected chi connectivity index (χ2v) is 4.04. The van der Waals surface area contributed by atoms with Crippen molar-refractivity contribution < 1.29 is 4.74 Å². The standard InChI is InChI=1S/C12H27NO/c1-5-7-8-11(3)12(14-4)9-10-13-6-2/h11-13H,5-10H2,1-4H3. The molecular formula is C12H27NO. The van der Waals surface area contributed by atoms with E-state index >= 15 is 0 Å². The monoisotopic (exact) mass is 201 g/mol. The third-order valence-electron chi connectivity index (χ3n) is 2.81. The number of hydrogen-bond donors (Lipinski definition) is 1. The molecule has 0 rings (SSSR count). The molecule has 2 atom stereocenters. The van der Waals surface area contributed by atoms with Crippen molar-refractivity contribution in [1.29, 1.82) is 0 Å². The van der Waals surface area contributed by atoms with Gasteiger partial charge in [0.05, 0.1) is 6.10 Å². The maximum absolute atomic E-state index is 5.52. The van der Waals surface area contributed by atoms with E-state index < -0.39 is 0 Å². The molecule has 0 aromatic carbocycles. The van der Waals surface area contributed by atoms with Gasteiger partial charge in [-0.25, -0.2) is 0 Å². The van der Waals surface area contributed by atoms with Crippen LogP contribution in [0.25, 0.3) is 0 Å². The molecule has 0 spiro atoms. The highest BCUT2D eigenvalue weighted by Gasteiger charge is 2.15. The molecule has 2 nitrogen and oxygen atoms in total. The lowest BCUT2D eigenvalue weighted by atomic mass is 9.96. The van der Waals surface area contributed by atoms with Gasteiger partial charge >= 0.3 is 0 Å². The molecule has 0 aromatic heterocycles. The molecule has 0 saturated carbocycles. The fourth-order valence-corrected chi connectivity index (χ4v) is 1.77. The lowest BCUT2D eigenvalue weighted by molar-refractivity contribution is 0.0482. The van der Waals surface area contributed by atoms with E-state index in [1.165, 1.54) is 19.3 Å². The summed E-state index contributed by atoms with van der Waals surface area (Å²) in [5.74, 6) is 0.693. The fraction of sp³-hybridized carbons (Fsp3) is 1.00. The van der Waals surface area contributed by atoms with Gasteiger partial charge in [0.15, 0.2) is 0 Å². The first kappa shape index (κ1) is 13.9. The highest BCUT2D eigenvalue weighted by molar-refractivity contribution is 4.67. The zero-order valence-corrected chi connectivity index (χ0v) is 10.3. The van der Waals surface area contributed by atoms with E-state index in [0.29, 0.717) is 12.0 Å². The molecule has 0 bridgehead atoms. The van der Waals surface area contributed by atoms with Crippen LogP contribution in [0.3, 0.4) is 0 Å². The van der Waals surface area contributed by atoms with Crippen molar-refractivity contribution in [2.45, 2.75) is 52.6 Å². The predicted octanol–water partition coefficient (Wildman–Crippen LogP) is 2.83. The van der Waals surface area contributed by atoms with E-state index in [1.54, 1.807) is 0 Å². The predicted molar refractivity (Wildman–Crippen MR) is 62.6 cm³/mol. The molecule has 1 N–H and O–H groups in total. The van der Waals surface area contributed by atoms with Crippen molar-refractivity contribution in [3.05, 3.63) is 0 Å². The maximum atomic E-state index is 5.52. The molecule has 0 fully saturated rings. The van der Waals surface area contributed by atoms with Crippen LogP contribution in [0.2, 0.25) is 0 Å². The molecule has 0 saturated heterocycles. The smallest absolute Gasteiger partial charge is 0.0608 e. The molecule has 0 heterocycles. The molecule has 2 heteroatoms. The number of unbranched alkanes of at least 4 members (excludes halogenated alkanes) is 1. The number of rotatable bonds is 9. The van der Waals surface area contributed by atoms with Gasteiger partial charge in [-0.1, -0.05) is 33.6 Å². The van der Waals surface area contributed by atoms with Crippen LogP contribution >= 0.6 is 0 Å². The highest BCUT2D eigenvalue weighted by Crippen LogP contribution is 2.16. The van der Waals surface area contributed by atoms with E-state index in [-0.39, 0.29) is 0 Å². The largest absolute Gasteiger partial charge is 0.381 e. The lowest BCUT2D eigenvalue weighted by Crippen LogP contribution is -2.26. The van der Waals surface area contributed by atoms with Crippen LogP contribution in [-0.4, -0.2) is 26.3 Å². The minimum absolute atomic E-state index is 0.431. The van der Waals surface area contributed by atoms with Crippen LogP contribution in [0.4, 0.5) is 0 Å². The van der Waals surface area contributed by atoms with Crippen molar-refractivity contribution in [3.63, 3.8) is 0 Å². The van der Waals surface area contributed by atoms with Crippen LogP contribution < -0.4 is 5.32 Å². The molecular weight excluding hydrogens is 174 g/mol. The Labute approximate surface area is 89.4 Å². The lowest BCUT2D eigenvalue weighted by Gasteiger charge is -2.22. The summed E-state index contributed by atoms with van der Waals surface area (Å²) in [6, 6.07) is 0. The van der Waals surface area contributed by atoms with Crippen molar-refractivity contribution in [3.8, 4) is 0 Å². The van der Waals surface area contributed by atoms with Crippen molar-refractivity contribution in [1.82, 2.24) is 5.32 Å². The van der Waals surface area contributed by atoms with E-state index in [1.807, 2.05) is 7.11 Å². The summed E-state index contributed by atoms with van der Waals surface area (Å²) in [4.78, 5) is 0. The minimum Gasteiger partial charge on any atom is -0.381 e. The third kappa shape index (κ3) is 6.39. The average molecular weight is 201 g/mol. The number of ether oxygens (including phenoxy) is 1. The van der Waals surface area contributed by atoms with Crippen LogP contribution in [0.5, 0.6) is 0 Å². The van der Waals surface area contributed by atoms with Crippen LogP contribution in [0.1, 0.15) is 46.5 Å². The first-order valence-electron chi connectivity index (χ1n) is 5.99. The zero-order valence-electron chi connectivity index (χ0n) is 10.3. The molecule has 0 aliphatic carbocycles. The summed E-state index contributed by atoms with van der Waals surface area (Å²) < 4.78 is 5.52. The number of hydrogen-bond acceptors (Lipinski definition) is 2. The van der Waals surface area contributed by atoms with Crippen LogP contribution in [0, 0.1) is 5.92 Å². The number of methoxy groups -OCH3 is 1. The van der Waals surface area contributed by atoms with Gasteiger partial charge in [0.2, 0.25) is 0 Å². The molecule has 0 radical (unpaired) electrons. The first-order chi connectivity index (χ1) is 6.76. The van der Waals surface area contributed by atoms with Crippen molar-refractivity contribution in [2.75, 3.05) is 20.2 Å². The van der Waals surface area contributed by atoms with E-state index in [2.05, 4.69) is 26.1 Å². The van der Waals surface area contributed by atoms with Gasteiger partial charge < -0.3 is 10.1 Å². The van der Waals surface area contributed by atoms with Gasteiger partial charge in [-0.15, -0.1) is 0 Å². The van der Waals surface area contributed by atoms with Crippen LogP contribution in [-0.2, 0) is 4.74 Å². The second kappa shape index (κ2) is 9.47. The molecule has 0 aliphatic rings. The van der Waals surface area contributed by atoms with Crippen LogP contribution in [0.15, 0.2) is 0 Å². The summed E-state index contributed by atoms with van der Waals surface area (Å²) in [6.45, 7) is 8.82. The summed E-state index contributed by atoms with van der Waals surface area (Å²) in [7, 11) is 1.83. The quantitative estimate of drug-likeness (QED) is 0.579. The van der Waals surface area contributed by atoms with E-state index in [9.17, 15) is 0 Å². The Morgan fingerprint density at radius 1 is 1.21 bits per heavy atom. The Bertz CT molecular complexity index is 117. The molecule has 0 aromatic rings. The van der Waals surface area contributed by atoms with E-state index in [4.69, 9.17) is 4.74 Å². The molecule has 0 amide bonds. The minimum atomic E-state index is 0.431. The fourth-order valence-electron chi connectivity index (χ4n) is 1.77. The first-order valence-corrected chi connectivity index (χ1v) is 5.99. The maximum Gasteiger partial charge on any atom is 0.0608 e.